The van der Waals surface area contributed by atoms with Gasteiger partial charge in [-0.15, -0.1) is 0 Å². The Hall–Kier alpha value is -1.22. The number of aliphatic hydroxyl groups excluding tert-OH is 1. The van der Waals surface area contributed by atoms with E-state index in [4.69, 9.17) is 14.6 Å². The molecule has 1 aromatic rings. The van der Waals surface area contributed by atoms with Crippen LogP contribution in [0.4, 0.5) is 0 Å². The molecule has 0 aliphatic heterocycles. The van der Waals surface area contributed by atoms with Crippen molar-refractivity contribution in [3.05, 3.63) is 22.3 Å². The van der Waals surface area contributed by atoms with Crippen molar-refractivity contribution in [3.63, 3.8) is 0 Å². The van der Waals surface area contributed by atoms with E-state index in [1.54, 1.807) is 14.2 Å². The average Bonchev–Trinajstić information content (AvgIpc) is 2.58. The molecule has 0 bridgehead atoms. The number of aliphatic hydroxyl groups is 1. The Bertz CT molecular complexity index is 495. The molecule has 0 aliphatic rings. The van der Waals surface area contributed by atoms with E-state index in [9.17, 15) is 0 Å². The molecule has 0 spiro atoms. The summed E-state index contributed by atoms with van der Waals surface area (Å²) in [4.78, 5) is 0. The van der Waals surface area contributed by atoms with Gasteiger partial charge in [0.15, 0.2) is 11.5 Å². The fourth-order valence-corrected chi connectivity index (χ4v) is 3.50. The van der Waals surface area contributed by atoms with Crippen LogP contribution in [-0.4, -0.2) is 25.9 Å². The summed E-state index contributed by atoms with van der Waals surface area (Å²) in [6.45, 7) is 6.79. The molecule has 1 aromatic carbocycles. The molecule has 0 radical (unpaired) electrons. The fourth-order valence-electron chi connectivity index (χ4n) is 3.50. The van der Waals surface area contributed by atoms with Crippen molar-refractivity contribution in [1.82, 2.24) is 0 Å². The van der Waals surface area contributed by atoms with Crippen molar-refractivity contribution in [2.24, 2.45) is 0 Å². The summed E-state index contributed by atoms with van der Waals surface area (Å²) in [5, 5.41) is 8.76. The third-order valence-corrected chi connectivity index (χ3v) is 5.10. The first kappa shape index (κ1) is 20.8. The van der Waals surface area contributed by atoms with Gasteiger partial charge in [0.05, 0.1) is 14.2 Å². The van der Waals surface area contributed by atoms with E-state index in [0.29, 0.717) is 6.61 Å². The predicted octanol–water partition coefficient (Wildman–Crippen LogP) is 5.28. The first-order valence-electron chi connectivity index (χ1n) is 9.39. The predicted molar refractivity (Wildman–Crippen MR) is 101 cm³/mol. The minimum atomic E-state index is 0.337. The number of rotatable bonds is 12. The van der Waals surface area contributed by atoms with Crippen LogP contribution in [0.25, 0.3) is 0 Å². The highest BCUT2D eigenvalue weighted by molar-refractivity contribution is 5.58. The Morgan fingerprint density at radius 1 is 0.625 bits per heavy atom. The molecular weight excluding hydrogens is 300 g/mol. The van der Waals surface area contributed by atoms with Gasteiger partial charge in [-0.25, -0.2) is 0 Å². The van der Waals surface area contributed by atoms with Gasteiger partial charge in [-0.3, -0.25) is 0 Å². The molecule has 138 valence electrons. The normalized spacial score (nSPS) is 10.9. The topological polar surface area (TPSA) is 38.7 Å². The summed E-state index contributed by atoms with van der Waals surface area (Å²) >= 11 is 0. The molecule has 24 heavy (non-hydrogen) atoms. The van der Waals surface area contributed by atoms with Gasteiger partial charge in [-0.05, 0) is 62.3 Å². The zero-order valence-corrected chi connectivity index (χ0v) is 16.3. The maximum Gasteiger partial charge on any atom is 0.164 e. The summed E-state index contributed by atoms with van der Waals surface area (Å²) in [5.41, 5.74) is 5.18. The van der Waals surface area contributed by atoms with Gasteiger partial charge in [-0.2, -0.15) is 0 Å². The Morgan fingerprint density at radius 2 is 1.08 bits per heavy atom. The van der Waals surface area contributed by atoms with Gasteiger partial charge >= 0.3 is 0 Å². The molecule has 1 rings (SSSR count). The van der Waals surface area contributed by atoms with Crippen molar-refractivity contribution in [3.8, 4) is 11.5 Å². The molecular formula is C21H36O3. The number of methoxy groups -OCH3 is 2. The number of hydrogen-bond acceptors (Lipinski definition) is 3. The quantitative estimate of drug-likeness (QED) is 0.527. The number of ether oxygens (including phenoxy) is 2. The molecule has 0 fully saturated rings. The van der Waals surface area contributed by atoms with Crippen molar-refractivity contribution in [2.45, 2.75) is 78.6 Å². The second-order valence-corrected chi connectivity index (χ2v) is 6.72. The average molecular weight is 337 g/mol. The van der Waals surface area contributed by atoms with Crippen molar-refractivity contribution in [1.29, 1.82) is 0 Å². The second-order valence-electron chi connectivity index (χ2n) is 6.72. The van der Waals surface area contributed by atoms with Crippen LogP contribution in [0.1, 0.15) is 73.6 Å². The minimum absolute atomic E-state index is 0.337. The standard InChI is InChI=1S/C21H36O3/c1-16-17(2)20(23-4)21(24-5)18(3)19(16)14-12-10-8-6-7-9-11-13-15-22/h22H,6-15H2,1-5H3. The molecule has 0 aliphatic carbocycles. The third-order valence-electron chi connectivity index (χ3n) is 5.10. The van der Waals surface area contributed by atoms with Crippen molar-refractivity contribution >= 4 is 0 Å². The lowest BCUT2D eigenvalue weighted by atomic mass is 9.92. The second kappa shape index (κ2) is 11.4. The molecule has 0 heterocycles. The maximum atomic E-state index is 8.76. The molecule has 0 atom stereocenters. The van der Waals surface area contributed by atoms with Crippen molar-refractivity contribution in [2.75, 3.05) is 20.8 Å². The van der Waals surface area contributed by atoms with E-state index in [1.807, 2.05) is 0 Å². The third kappa shape index (κ3) is 5.70. The molecule has 0 unspecified atom stereocenters. The zero-order chi connectivity index (χ0) is 17.9. The molecule has 1 N–H and O–H groups in total. The Morgan fingerprint density at radius 3 is 1.58 bits per heavy atom. The summed E-state index contributed by atoms with van der Waals surface area (Å²) in [6, 6.07) is 0. The van der Waals surface area contributed by atoms with E-state index in [0.717, 1.165) is 24.3 Å². The van der Waals surface area contributed by atoms with Gasteiger partial charge in [-0.1, -0.05) is 38.5 Å². The highest BCUT2D eigenvalue weighted by Gasteiger charge is 2.18. The minimum Gasteiger partial charge on any atom is -0.493 e. The van der Waals surface area contributed by atoms with E-state index in [-0.39, 0.29) is 0 Å². The van der Waals surface area contributed by atoms with Crippen LogP contribution < -0.4 is 9.47 Å². The molecule has 3 nitrogen and oxygen atoms in total. The van der Waals surface area contributed by atoms with Gasteiger partial charge in [0.25, 0.3) is 0 Å². The SMILES string of the molecule is COc1c(C)c(C)c(CCCCCCCCCCO)c(C)c1OC. The lowest BCUT2D eigenvalue weighted by Crippen LogP contribution is -2.04. The maximum absolute atomic E-state index is 8.76. The number of benzene rings is 1. The lowest BCUT2D eigenvalue weighted by Gasteiger charge is -2.20. The monoisotopic (exact) mass is 336 g/mol. The number of unbranched alkanes of at least 4 members (excludes halogenated alkanes) is 7. The van der Waals surface area contributed by atoms with Crippen LogP contribution in [-0.2, 0) is 6.42 Å². The van der Waals surface area contributed by atoms with Crippen molar-refractivity contribution < 1.29 is 14.6 Å². The first-order chi connectivity index (χ1) is 11.6. The summed E-state index contributed by atoms with van der Waals surface area (Å²) < 4.78 is 11.1. The Labute approximate surface area is 148 Å². The van der Waals surface area contributed by atoms with Gasteiger partial charge < -0.3 is 14.6 Å². The van der Waals surface area contributed by atoms with Crippen LogP contribution in [0.15, 0.2) is 0 Å². The lowest BCUT2D eigenvalue weighted by molar-refractivity contribution is 0.282. The van der Waals surface area contributed by atoms with Gasteiger partial charge in [0.2, 0.25) is 0 Å². The number of hydrogen-bond donors (Lipinski definition) is 1. The van der Waals surface area contributed by atoms with E-state index >= 15 is 0 Å². The molecule has 0 amide bonds. The molecule has 0 saturated carbocycles. The fraction of sp³-hybridized carbons (Fsp3) is 0.714. The van der Waals surface area contributed by atoms with Crippen LogP contribution in [0.3, 0.4) is 0 Å². The smallest absolute Gasteiger partial charge is 0.164 e. The van der Waals surface area contributed by atoms with Crippen LogP contribution in [0.2, 0.25) is 0 Å². The van der Waals surface area contributed by atoms with Gasteiger partial charge in [0.1, 0.15) is 0 Å². The summed E-state index contributed by atoms with van der Waals surface area (Å²) in [5.74, 6) is 1.76. The van der Waals surface area contributed by atoms with E-state index in [2.05, 4.69) is 20.8 Å². The van der Waals surface area contributed by atoms with E-state index < -0.39 is 0 Å². The molecule has 0 aromatic heterocycles. The molecule has 3 heteroatoms. The highest BCUT2D eigenvalue weighted by atomic mass is 16.5. The Kier molecular flexibility index (Phi) is 9.85. The highest BCUT2D eigenvalue weighted by Crippen LogP contribution is 2.39. The van der Waals surface area contributed by atoms with Crippen LogP contribution >= 0.6 is 0 Å². The van der Waals surface area contributed by atoms with Gasteiger partial charge in [0, 0.05) is 6.61 Å². The zero-order valence-electron chi connectivity index (χ0n) is 16.3. The van der Waals surface area contributed by atoms with E-state index in [1.165, 1.54) is 67.2 Å². The largest absolute Gasteiger partial charge is 0.493 e. The molecule has 0 saturated heterocycles. The van der Waals surface area contributed by atoms with Crippen LogP contribution in [0, 0.1) is 20.8 Å². The summed E-state index contributed by atoms with van der Waals surface area (Å²) in [6.07, 6.45) is 10.9. The first-order valence-corrected chi connectivity index (χ1v) is 9.39. The van der Waals surface area contributed by atoms with Crippen LogP contribution in [0.5, 0.6) is 11.5 Å². The Balaban J connectivity index is 2.50. The summed E-state index contributed by atoms with van der Waals surface area (Å²) in [7, 11) is 3.43.